The van der Waals surface area contributed by atoms with Crippen LogP contribution in [0.5, 0.6) is 5.75 Å². The van der Waals surface area contributed by atoms with Crippen molar-refractivity contribution >= 4 is 11.5 Å². The zero-order valence-electron chi connectivity index (χ0n) is 15.0. The summed E-state index contributed by atoms with van der Waals surface area (Å²) in [5.74, 6) is 0.262. The highest BCUT2D eigenvalue weighted by atomic mass is 16.7. The van der Waals surface area contributed by atoms with E-state index in [0.29, 0.717) is 5.75 Å². The molecule has 0 bridgehead atoms. The van der Waals surface area contributed by atoms with Gasteiger partial charge < -0.3 is 14.2 Å². The molecule has 2 aromatic rings. The monoisotopic (exact) mass is 340 g/mol. The number of carbonyl (C=O) groups is 1. The molecule has 0 saturated carbocycles. The van der Waals surface area contributed by atoms with Gasteiger partial charge in [0.2, 0.25) is 0 Å². The molecule has 0 radical (unpaired) electrons. The number of ether oxygens (including phenoxy) is 3. The van der Waals surface area contributed by atoms with Crippen LogP contribution in [-0.2, 0) is 20.7 Å². The fourth-order valence-corrected chi connectivity index (χ4v) is 2.59. The minimum atomic E-state index is -0.405. The van der Waals surface area contributed by atoms with E-state index in [1.54, 1.807) is 7.11 Å². The van der Waals surface area contributed by atoms with Crippen molar-refractivity contribution in [2.24, 2.45) is 0 Å². The lowest BCUT2D eigenvalue weighted by Crippen LogP contribution is -2.04. The first-order valence-corrected chi connectivity index (χ1v) is 8.29. The van der Waals surface area contributed by atoms with E-state index in [1.165, 1.54) is 18.7 Å². The van der Waals surface area contributed by atoms with E-state index >= 15 is 0 Å². The summed E-state index contributed by atoms with van der Waals surface area (Å²) in [6, 6.07) is 15.8. The highest BCUT2D eigenvalue weighted by Gasteiger charge is 2.14. The van der Waals surface area contributed by atoms with Crippen LogP contribution in [0.4, 0.5) is 0 Å². The van der Waals surface area contributed by atoms with Crippen molar-refractivity contribution in [1.29, 1.82) is 0 Å². The van der Waals surface area contributed by atoms with Crippen molar-refractivity contribution in [1.82, 2.24) is 0 Å². The molecule has 0 heterocycles. The van der Waals surface area contributed by atoms with Crippen LogP contribution in [0.15, 0.2) is 54.6 Å². The Morgan fingerprint density at radius 2 is 1.84 bits per heavy atom. The third kappa shape index (κ3) is 5.19. The number of benzene rings is 2. The Balaban J connectivity index is 2.59. The van der Waals surface area contributed by atoms with E-state index in [2.05, 4.69) is 13.0 Å². The highest BCUT2D eigenvalue weighted by molar-refractivity contribution is 5.97. The first-order chi connectivity index (χ1) is 12.2. The Bertz CT molecular complexity index is 720. The van der Waals surface area contributed by atoms with Gasteiger partial charge in [-0.05, 0) is 35.3 Å². The molecule has 0 spiro atoms. The third-order valence-corrected chi connectivity index (χ3v) is 3.75. The number of aryl methyl sites for hydroxylation is 1. The Hall–Kier alpha value is -2.59. The van der Waals surface area contributed by atoms with Crippen molar-refractivity contribution in [3.63, 3.8) is 0 Å². The Morgan fingerprint density at radius 3 is 2.48 bits per heavy atom. The first-order valence-electron chi connectivity index (χ1n) is 8.29. The minimum Gasteiger partial charge on any atom is -0.467 e. The second kappa shape index (κ2) is 9.64. The fourth-order valence-electron chi connectivity index (χ4n) is 2.59. The van der Waals surface area contributed by atoms with Gasteiger partial charge in [-0.15, -0.1) is 0 Å². The highest BCUT2D eigenvalue weighted by Crippen LogP contribution is 2.32. The van der Waals surface area contributed by atoms with Gasteiger partial charge in [0.15, 0.2) is 6.79 Å². The van der Waals surface area contributed by atoms with Crippen LogP contribution in [0.1, 0.15) is 30.0 Å². The minimum absolute atomic E-state index is 0.139. The zero-order chi connectivity index (χ0) is 18.1. The average Bonchev–Trinajstić information content (AvgIpc) is 2.65. The molecule has 0 aromatic heterocycles. The molecule has 0 aliphatic carbocycles. The Labute approximate surface area is 149 Å². The number of esters is 1. The summed E-state index contributed by atoms with van der Waals surface area (Å²) in [5, 5.41) is 0. The maximum Gasteiger partial charge on any atom is 0.331 e. The van der Waals surface area contributed by atoms with Gasteiger partial charge in [-0.25, -0.2) is 4.79 Å². The van der Waals surface area contributed by atoms with Gasteiger partial charge in [0.1, 0.15) is 5.75 Å². The maximum atomic E-state index is 11.9. The van der Waals surface area contributed by atoms with Gasteiger partial charge >= 0.3 is 5.97 Å². The van der Waals surface area contributed by atoms with E-state index in [1.807, 2.05) is 42.5 Å². The third-order valence-electron chi connectivity index (χ3n) is 3.75. The predicted molar refractivity (Wildman–Crippen MR) is 98.5 cm³/mol. The molecule has 0 unspecified atom stereocenters. The van der Waals surface area contributed by atoms with Gasteiger partial charge in [-0.2, -0.15) is 0 Å². The zero-order valence-corrected chi connectivity index (χ0v) is 15.0. The fraction of sp³-hybridized carbons (Fsp3) is 0.286. The van der Waals surface area contributed by atoms with Gasteiger partial charge in [0, 0.05) is 18.7 Å². The van der Waals surface area contributed by atoms with E-state index < -0.39 is 5.97 Å². The molecule has 0 fully saturated rings. The topological polar surface area (TPSA) is 44.8 Å². The maximum absolute atomic E-state index is 11.9. The molecule has 25 heavy (non-hydrogen) atoms. The molecule has 0 saturated heterocycles. The molecule has 0 N–H and O–H groups in total. The second-order valence-corrected chi connectivity index (χ2v) is 5.58. The first kappa shape index (κ1) is 18.7. The van der Waals surface area contributed by atoms with Crippen molar-refractivity contribution in [2.75, 3.05) is 21.0 Å². The number of hydrogen-bond donors (Lipinski definition) is 0. The molecule has 4 nitrogen and oxygen atoms in total. The second-order valence-electron chi connectivity index (χ2n) is 5.58. The Kier molecular flexibility index (Phi) is 7.23. The lowest BCUT2D eigenvalue weighted by atomic mass is 9.94. The lowest BCUT2D eigenvalue weighted by molar-refractivity contribution is -0.134. The van der Waals surface area contributed by atoms with Gasteiger partial charge in [-0.1, -0.05) is 49.7 Å². The average molecular weight is 340 g/mol. The standard InChI is InChI=1S/C21H24O4/c1-4-8-16-11-12-20(25-15-23-2)19(13-16)18(14-21(22)24-3)17-9-6-5-7-10-17/h5-7,9-14H,4,8,15H2,1-3H3/b18-14+. The molecule has 132 valence electrons. The molecule has 2 rings (SSSR count). The smallest absolute Gasteiger partial charge is 0.331 e. The van der Waals surface area contributed by atoms with Crippen LogP contribution in [0, 0.1) is 0 Å². The summed E-state index contributed by atoms with van der Waals surface area (Å²) in [7, 11) is 2.95. The summed E-state index contributed by atoms with van der Waals surface area (Å²) in [5.41, 5.74) is 3.72. The predicted octanol–water partition coefficient (Wildman–Crippen LogP) is 4.23. The van der Waals surface area contributed by atoms with Gasteiger partial charge in [0.05, 0.1) is 7.11 Å². The summed E-state index contributed by atoms with van der Waals surface area (Å²) in [4.78, 5) is 11.9. The molecule has 0 aliphatic heterocycles. The molecular formula is C21H24O4. The summed E-state index contributed by atoms with van der Waals surface area (Å²) in [6.07, 6.45) is 3.50. The van der Waals surface area contributed by atoms with Crippen LogP contribution < -0.4 is 4.74 Å². The molecule has 2 aromatic carbocycles. The van der Waals surface area contributed by atoms with Crippen LogP contribution in [-0.4, -0.2) is 27.0 Å². The molecular weight excluding hydrogens is 316 g/mol. The number of rotatable bonds is 8. The van der Waals surface area contributed by atoms with Gasteiger partial charge in [0.25, 0.3) is 0 Å². The Morgan fingerprint density at radius 1 is 1.08 bits per heavy atom. The molecule has 0 amide bonds. The molecule has 0 aliphatic rings. The molecule has 4 heteroatoms. The van der Waals surface area contributed by atoms with E-state index in [-0.39, 0.29) is 6.79 Å². The van der Waals surface area contributed by atoms with Gasteiger partial charge in [-0.3, -0.25) is 0 Å². The van der Waals surface area contributed by atoms with Crippen molar-refractivity contribution in [2.45, 2.75) is 19.8 Å². The summed E-state index contributed by atoms with van der Waals surface area (Å²) >= 11 is 0. The molecule has 0 atom stereocenters. The van der Waals surface area contributed by atoms with Crippen LogP contribution in [0.25, 0.3) is 5.57 Å². The number of carbonyl (C=O) groups excluding carboxylic acids is 1. The summed E-state index contributed by atoms with van der Waals surface area (Å²) < 4.78 is 15.6. The van der Waals surface area contributed by atoms with Crippen molar-refractivity contribution in [3.8, 4) is 5.75 Å². The SMILES string of the molecule is CCCc1ccc(OCOC)c(/C(=C/C(=O)OC)c2ccccc2)c1. The largest absolute Gasteiger partial charge is 0.467 e. The number of methoxy groups -OCH3 is 2. The number of hydrogen-bond acceptors (Lipinski definition) is 4. The lowest BCUT2D eigenvalue weighted by Gasteiger charge is -2.16. The van der Waals surface area contributed by atoms with Crippen molar-refractivity contribution < 1.29 is 19.0 Å². The quantitative estimate of drug-likeness (QED) is 0.410. The van der Waals surface area contributed by atoms with E-state index in [4.69, 9.17) is 14.2 Å². The van der Waals surface area contributed by atoms with E-state index in [0.717, 1.165) is 29.5 Å². The van der Waals surface area contributed by atoms with Crippen LogP contribution >= 0.6 is 0 Å². The van der Waals surface area contributed by atoms with Crippen LogP contribution in [0.2, 0.25) is 0 Å². The van der Waals surface area contributed by atoms with Crippen LogP contribution in [0.3, 0.4) is 0 Å². The van der Waals surface area contributed by atoms with E-state index in [9.17, 15) is 4.79 Å². The normalized spacial score (nSPS) is 11.2. The summed E-state index contributed by atoms with van der Waals surface area (Å²) in [6.45, 7) is 2.28. The van der Waals surface area contributed by atoms with Crippen molar-refractivity contribution in [3.05, 3.63) is 71.3 Å².